The Hall–Kier alpha value is -2.86. The molecule has 0 saturated carbocycles. The molecule has 0 radical (unpaired) electrons. The molecule has 5 nitrogen and oxygen atoms in total. The van der Waals surface area contributed by atoms with E-state index in [0.29, 0.717) is 12.3 Å². The number of hydrogen-bond donors (Lipinski definition) is 1. The Kier molecular flexibility index (Phi) is 6.54. The molecule has 29 heavy (non-hydrogen) atoms. The zero-order valence-electron chi connectivity index (χ0n) is 17.2. The number of nitrogens with one attached hydrogen (secondary N) is 1. The number of methoxy groups -OCH3 is 1. The van der Waals surface area contributed by atoms with E-state index < -0.39 is 0 Å². The number of carbonyl (C=O) groups is 1. The number of benzene rings is 2. The van der Waals surface area contributed by atoms with E-state index in [1.807, 2.05) is 48.5 Å². The average molecular weight is 411 g/mol. The molecule has 1 N–H and O–H groups in total. The fraction of sp³-hybridized carbons (Fsp3) is 0.304. The van der Waals surface area contributed by atoms with Gasteiger partial charge in [-0.2, -0.15) is 0 Å². The van der Waals surface area contributed by atoms with Crippen LogP contribution in [0.15, 0.2) is 53.9 Å². The van der Waals surface area contributed by atoms with Gasteiger partial charge in [0.25, 0.3) is 5.91 Å². The molecule has 3 rings (SSSR count). The highest BCUT2D eigenvalue weighted by atomic mass is 32.1. The molecule has 0 aliphatic heterocycles. The standard InChI is InChI=1S/C23H26N2O3S/c1-23(2,3)20-15-29-22(25-20)16-9-11-18(12-10-16)28-14-21(26)24-13-17-7-5-6-8-19(17)27-4/h5-12,15H,13-14H2,1-4H3,(H,24,26). The smallest absolute Gasteiger partial charge is 0.258 e. The molecule has 2 aromatic carbocycles. The largest absolute Gasteiger partial charge is 0.496 e. The van der Waals surface area contributed by atoms with Crippen LogP contribution in [0.25, 0.3) is 10.6 Å². The number of nitrogens with zero attached hydrogens (tertiary/aromatic N) is 1. The van der Waals surface area contributed by atoms with Gasteiger partial charge in [0.05, 0.1) is 12.8 Å². The lowest BCUT2D eigenvalue weighted by Gasteiger charge is -2.14. The lowest BCUT2D eigenvalue weighted by atomic mass is 9.93. The number of hydrogen-bond acceptors (Lipinski definition) is 5. The van der Waals surface area contributed by atoms with Gasteiger partial charge in [-0.3, -0.25) is 4.79 Å². The molecule has 6 heteroatoms. The highest BCUT2D eigenvalue weighted by molar-refractivity contribution is 7.13. The lowest BCUT2D eigenvalue weighted by molar-refractivity contribution is -0.123. The van der Waals surface area contributed by atoms with Crippen LogP contribution in [0.2, 0.25) is 0 Å². The van der Waals surface area contributed by atoms with Crippen molar-refractivity contribution < 1.29 is 14.3 Å². The molecule has 1 amide bonds. The van der Waals surface area contributed by atoms with Gasteiger partial charge in [0.1, 0.15) is 16.5 Å². The van der Waals surface area contributed by atoms with Gasteiger partial charge < -0.3 is 14.8 Å². The highest BCUT2D eigenvalue weighted by Crippen LogP contribution is 2.30. The normalized spacial score (nSPS) is 11.2. The van der Waals surface area contributed by atoms with Crippen molar-refractivity contribution >= 4 is 17.2 Å². The number of rotatable bonds is 7. The summed E-state index contributed by atoms with van der Waals surface area (Å²) in [6.07, 6.45) is 0. The molecule has 0 atom stereocenters. The maximum Gasteiger partial charge on any atom is 0.258 e. The first-order valence-electron chi connectivity index (χ1n) is 9.44. The molecule has 1 heterocycles. The summed E-state index contributed by atoms with van der Waals surface area (Å²) in [6, 6.07) is 15.2. The van der Waals surface area contributed by atoms with E-state index in [1.165, 1.54) is 0 Å². The van der Waals surface area contributed by atoms with Crippen LogP contribution < -0.4 is 14.8 Å². The summed E-state index contributed by atoms with van der Waals surface area (Å²) in [5.74, 6) is 1.21. The summed E-state index contributed by atoms with van der Waals surface area (Å²) >= 11 is 1.63. The summed E-state index contributed by atoms with van der Waals surface area (Å²) in [5, 5.41) is 5.93. The number of carbonyl (C=O) groups excluding carboxylic acids is 1. The molecule has 0 spiro atoms. The molecular weight excluding hydrogens is 384 g/mol. The Bertz CT molecular complexity index is 959. The molecule has 0 fully saturated rings. The van der Waals surface area contributed by atoms with Crippen LogP contribution in [-0.4, -0.2) is 24.6 Å². The molecule has 3 aromatic rings. The van der Waals surface area contributed by atoms with Gasteiger partial charge in [-0.15, -0.1) is 11.3 Å². The van der Waals surface area contributed by atoms with Crippen molar-refractivity contribution in [2.75, 3.05) is 13.7 Å². The van der Waals surface area contributed by atoms with Crippen LogP contribution in [0.3, 0.4) is 0 Å². The minimum Gasteiger partial charge on any atom is -0.496 e. The van der Waals surface area contributed by atoms with Crippen molar-refractivity contribution in [3.63, 3.8) is 0 Å². The Morgan fingerprint density at radius 3 is 2.48 bits per heavy atom. The minimum absolute atomic E-state index is 0.0366. The quantitative estimate of drug-likeness (QED) is 0.607. The lowest BCUT2D eigenvalue weighted by Crippen LogP contribution is -2.28. The summed E-state index contributed by atoms with van der Waals surface area (Å²) in [6.45, 7) is 6.82. The Morgan fingerprint density at radius 2 is 1.83 bits per heavy atom. The van der Waals surface area contributed by atoms with Gasteiger partial charge in [-0.25, -0.2) is 4.98 Å². The minimum atomic E-state index is -0.185. The molecule has 1 aromatic heterocycles. The number of para-hydroxylation sites is 1. The Balaban J connectivity index is 1.52. The van der Waals surface area contributed by atoms with Crippen molar-refractivity contribution in [2.24, 2.45) is 0 Å². The van der Waals surface area contributed by atoms with Crippen molar-refractivity contribution in [3.05, 3.63) is 65.2 Å². The fourth-order valence-electron chi connectivity index (χ4n) is 2.69. The summed E-state index contributed by atoms with van der Waals surface area (Å²) in [5.41, 5.74) is 3.09. The fourth-order valence-corrected chi connectivity index (χ4v) is 3.74. The first-order chi connectivity index (χ1) is 13.9. The predicted molar refractivity (Wildman–Crippen MR) is 117 cm³/mol. The maximum atomic E-state index is 12.1. The molecule has 0 unspecified atom stereocenters. The summed E-state index contributed by atoms with van der Waals surface area (Å²) in [7, 11) is 1.61. The summed E-state index contributed by atoms with van der Waals surface area (Å²) in [4.78, 5) is 16.8. The van der Waals surface area contributed by atoms with E-state index in [4.69, 9.17) is 14.5 Å². The van der Waals surface area contributed by atoms with Crippen LogP contribution in [0.1, 0.15) is 32.0 Å². The SMILES string of the molecule is COc1ccccc1CNC(=O)COc1ccc(-c2nc(C(C)(C)C)cs2)cc1. The van der Waals surface area contributed by atoms with Crippen molar-refractivity contribution in [1.29, 1.82) is 0 Å². The van der Waals surface area contributed by atoms with Gasteiger partial charge >= 0.3 is 0 Å². The Morgan fingerprint density at radius 1 is 1.10 bits per heavy atom. The third-order valence-corrected chi connectivity index (χ3v) is 5.30. The first-order valence-corrected chi connectivity index (χ1v) is 10.3. The van der Waals surface area contributed by atoms with E-state index in [-0.39, 0.29) is 17.9 Å². The molecule has 152 valence electrons. The molecule has 0 saturated heterocycles. The first kappa shape index (κ1) is 20.9. The van der Waals surface area contributed by atoms with E-state index in [2.05, 4.69) is 31.5 Å². The van der Waals surface area contributed by atoms with E-state index in [1.54, 1.807) is 18.4 Å². The monoisotopic (exact) mass is 410 g/mol. The van der Waals surface area contributed by atoms with Gasteiger partial charge in [0, 0.05) is 28.5 Å². The zero-order valence-corrected chi connectivity index (χ0v) is 18.0. The van der Waals surface area contributed by atoms with E-state index >= 15 is 0 Å². The van der Waals surface area contributed by atoms with Gasteiger partial charge in [0.15, 0.2) is 6.61 Å². The number of amides is 1. The van der Waals surface area contributed by atoms with Crippen LogP contribution >= 0.6 is 11.3 Å². The predicted octanol–water partition coefficient (Wildman–Crippen LogP) is 4.81. The highest BCUT2D eigenvalue weighted by Gasteiger charge is 2.18. The topological polar surface area (TPSA) is 60.5 Å². The van der Waals surface area contributed by atoms with Gasteiger partial charge in [0.2, 0.25) is 0 Å². The van der Waals surface area contributed by atoms with Crippen LogP contribution in [0.4, 0.5) is 0 Å². The number of thiazole rings is 1. The number of aromatic nitrogens is 1. The van der Waals surface area contributed by atoms with Gasteiger partial charge in [-0.05, 0) is 30.3 Å². The molecular formula is C23H26N2O3S. The van der Waals surface area contributed by atoms with E-state index in [9.17, 15) is 4.79 Å². The third kappa shape index (κ3) is 5.57. The second-order valence-electron chi connectivity index (χ2n) is 7.69. The van der Waals surface area contributed by atoms with Crippen LogP contribution in [0, 0.1) is 0 Å². The van der Waals surface area contributed by atoms with Crippen LogP contribution in [-0.2, 0) is 16.8 Å². The molecule has 0 aliphatic carbocycles. The van der Waals surface area contributed by atoms with Crippen molar-refractivity contribution in [2.45, 2.75) is 32.7 Å². The molecule has 0 aliphatic rings. The molecule has 0 bridgehead atoms. The summed E-state index contributed by atoms with van der Waals surface area (Å²) < 4.78 is 10.9. The van der Waals surface area contributed by atoms with E-state index in [0.717, 1.165) is 27.6 Å². The average Bonchev–Trinajstić information content (AvgIpc) is 3.22. The third-order valence-electron chi connectivity index (χ3n) is 4.41. The van der Waals surface area contributed by atoms with Crippen LogP contribution in [0.5, 0.6) is 11.5 Å². The van der Waals surface area contributed by atoms with Crippen molar-refractivity contribution in [1.82, 2.24) is 10.3 Å². The van der Waals surface area contributed by atoms with Crippen molar-refractivity contribution in [3.8, 4) is 22.1 Å². The number of ether oxygens (including phenoxy) is 2. The Labute approximate surface area is 175 Å². The zero-order chi connectivity index (χ0) is 20.9. The second-order valence-corrected chi connectivity index (χ2v) is 8.55. The second kappa shape index (κ2) is 9.09. The maximum absolute atomic E-state index is 12.1. The van der Waals surface area contributed by atoms with Gasteiger partial charge in [-0.1, -0.05) is 39.0 Å².